The van der Waals surface area contributed by atoms with E-state index in [2.05, 4.69) is 5.16 Å². The normalized spacial score (nSPS) is 15.3. The summed E-state index contributed by atoms with van der Waals surface area (Å²) < 4.78 is 5.14. The van der Waals surface area contributed by atoms with Crippen molar-refractivity contribution >= 4 is 17.4 Å². The molecule has 1 aromatic heterocycles. The van der Waals surface area contributed by atoms with Crippen LogP contribution in [0.1, 0.15) is 6.42 Å². The lowest BCUT2D eigenvalue weighted by Crippen LogP contribution is -2.35. The van der Waals surface area contributed by atoms with E-state index in [4.69, 9.17) is 10.3 Å². The summed E-state index contributed by atoms with van der Waals surface area (Å²) in [5.41, 5.74) is 7.38. The van der Waals surface area contributed by atoms with Crippen molar-refractivity contribution in [1.29, 1.82) is 0 Å². The van der Waals surface area contributed by atoms with Gasteiger partial charge in [0.15, 0.2) is 11.6 Å². The van der Waals surface area contributed by atoms with E-state index >= 15 is 0 Å². The SMILES string of the molecule is CN1C(=O)CCN1c1cccc(-c2cc(N)no2)c1. The molecule has 98 valence electrons. The zero-order chi connectivity index (χ0) is 13.4. The minimum Gasteiger partial charge on any atom is -0.381 e. The molecule has 0 bridgehead atoms. The minimum absolute atomic E-state index is 0.120. The molecule has 1 saturated heterocycles. The van der Waals surface area contributed by atoms with E-state index < -0.39 is 0 Å². The third kappa shape index (κ3) is 2.01. The summed E-state index contributed by atoms with van der Waals surface area (Å²) in [7, 11) is 1.77. The summed E-state index contributed by atoms with van der Waals surface area (Å²) >= 11 is 0. The average molecular weight is 258 g/mol. The van der Waals surface area contributed by atoms with E-state index in [1.807, 2.05) is 29.3 Å². The van der Waals surface area contributed by atoms with Crippen molar-refractivity contribution in [2.75, 3.05) is 24.3 Å². The van der Waals surface area contributed by atoms with E-state index in [9.17, 15) is 4.79 Å². The molecule has 2 aromatic rings. The van der Waals surface area contributed by atoms with Crippen LogP contribution in [0.5, 0.6) is 0 Å². The van der Waals surface area contributed by atoms with Crippen LogP contribution in [0.4, 0.5) is 11.5 Å². The zero-order valence-electron chi connectivity index (χ0n) is 10.5. The van der Waals surface area contributed by atoms with Gasteiger partial charge in [-0.05, 0) is 12.1 Å². The molecule has 0 atom stereocenters. The van der Waals surface area contributed by atoms with Crippen molar-refractivity contribution in [1.82, 2.24) is 10.2 Å². The largest absolute Gasteiger partial charge is 0.381 e. The number of nitrogens with zero attached hydrogens (tertiary/aromatic N) is 3. The van der Waals surface area contributed by atoms with Crippen LogP contribution < -0.4 is 10.7 Å². The summed E-state index contributed by atoms with van der Waals surface area (Å²) in [4.78, 5) is 11.6. The van der Waals surface area contributed by atoms with E-state index in [-0.39, 0.29) is 5.91 Å². The number of amides is 1. The molecule has 1 amide bonds. The maximum atomic E-state index is 11.6. The van der Waals surface area contributed by atoms with Crippen LogP contribution in [0.25, 0.3) is 11.3 Å². The number of anilines is 2. The molecule has 0 aliphatic carbocycles. The number of hydrogen-bond donors (Lipinski definition) is 1. The van der Waals surface area contributed by atoms with Gasteiger partial charge in [0.1, 0.15) is 0 Å². The van der Waals surface area contributed by atoms with E-state index in [0.717, 1.165) is 11.3 Å². The highest BCUT2D eigenvalue weighted by Gasteiger charge is 2.25. The number of carbonyl (C=O) groups excluding carboxylic acids is 1. The van der Waals surface area contributed by atoms with Crippen LogP contribution in [-0.2, 0) is 4.79 Å². The second kappa shape index (κ2) is 4.31. The van der Waals surface area contributed by atoms with Gasteiger partial charge >= 0.3 is 0 Å². The van der Waals surface area contributed by atoms with Gasteiger partial charge in [-0.2, -0.15) is 0 Å². The predicted octanol–water partition coefficient (Wildman–Crippen LogP) is 1.51. The van der Waals surface area contributed by atoms with Gasteiger partial charge in [-0.1, -0.05) is 17.3 Å². The molecule has 0 radical (unpaired) electrons. The van der Waals surface area contributed by atoms with Gasteiger partial charge in [0.25, 0.3) is 0 Å². The molecule has 2 heterocycles. The van der Waals surface area contributed by atoms with Crippen molar-refractivity contribution in [2.24, 2.45) is 0 Å². The van der Waals surface area contributed by atoms with Crippen molar-refractivity contribution in [3.05, 3.63) is 30.3 Å². The van der Waals surface area contributed by atoms with Gasteiger partial charge in [-0.25, -0.2) is 0 Å². The Morgan fingerprint density at radius 2 is 2.21 bits per heavy atom. The van der Waals surface area contributed by atoms with Crippen molar-refractivity contribution in [3.63, 3.8) is 0 Å². The second-order valence-corrected chi connectivity index (χ2v) is 4.46. The van der Waals surface area contributed by atoms with Crippen molar-refractivity contribution < 1.29 is 9.32 Å². The average Bonchev–Trinajstić information content (AvgIpc) is 2.98. The lowest BCUT2D eigenvalue weighted by Gasteiger charge is -2.26. The third-order valence-electron chi connectivity index (χ3n) is 3.22. The number of rotatable bonds is 2. The Morgan fingerprint density at radius 1 is 1.37 bits per heavy atom. The summed E-state index contributed by atoms with van der Waals surface area (Å²) in [5, 5.41) is 7.24. The Kier molecular flexibility index (Phi) is 2.63. The first-order valence-corrected chi connectivity index (χ1v) is 6.02. The molecule has 0 saturated carbocycles. The molecule has 0 unspecified atom stereocenters. The van der Waals surface area contributed by atoms with Crippen LogP contribution in [-0.4, -0.2) is 29.7 Å². The summed E-state index contributed by atoms with van der Waals surface area (Å²) in [6, 6.07) is 9.42. The van der Waals surface area contributed by atoms with Gasteiger partial charge in [0.2, 0.25) is 5.91 Å². The van der Waals surface area contributed by atoms with Gasteiger partial charge < -0.3 is 10.3 Å². The lowest BCUT2D eigenvalue weighted by atomic mass is 10.1. The number of aromatic nitrogens is 1. The molecule has 1 aromatic carbocycles. The second-order valence-electron chi connectivity index (χ2n) is 4.46. The first-order valence-electron chi connectivity index (χ1n) is 6.02. The monoisotopic (exact) mass is 258 g/mol. The van der Waals surface area contributed by atoms with Crippen molar-refractivity contribution in [2.45, 2.75) is 6.42 Å². The van der Waals surface area contributed by atoms with Crippen LogP contribution in [0.15, 0.2) is 34.9 Å². The molecule has 2 N–H and O–H groups in total. The summed E-state index contributed by atoms with van der Waals surface area (Å²) in [6.45, 7) is 0.692. The third-order valence-corrected chi connectivity index (χ3v) is 3.22. The van der Waals surface area contributed by atoms with Crippen LogP contribution in [0.2, 0.25) is 0 Å². The summed E-state index contributed by atoms with van der Waals surface area (Å²) in [5.74, 6) is 1.09. The van der Waals surface area contributed by atoms with E-state index in [0.29, 0.717) is 24.5 Å². The molecular weight excluding hydrogens is 244 g/mol. The number of nitrogen functional groups attached to an aromatic ring is 1. The fourth-order valence-electron chi connectivity index (χ4n) is 2.19. The first kappa shape index (κ1) is 11.6. The first-order chi connectivity index (χ1) is 9.15. The molecule has 1 aliphatic heterocycles. The van der Waals surface area contributed by atoms with E-state index in [1.165, 1.54) is 0 Å². The van der Waals surface area contributed by atoms with Gasteiger partial charge in [0, 0.05) is 31.6 Å². The molecule has 1 aliphatic rings. The Bertz CT molecular complexity index is 623. The number of hydrogen-bond acceptors (Lipinski definition) is 5. The molecule has 3 rings (SSSR count). The van der Waals surface area contributed by atoms with E-state index in [1.54, 1.807) is 18.1 Å². The standard InChI is InChI=1S/C13H14N4O2/c1-16-13(18)5-6-17(16)10-4-2-3-9(7-10)11-8-12(14)15-19-11/h2-4,7-8H,5-6H2,1H3,(H2,14,15). The van der Waals surface area contributed by atoms with Gasteiger partial charge in [-0.15, -0.1) is 0 Å². The Hall–Kier alpha value is -2.50. The zero-order valence-corrected chi connectivity index (χ0v) is 10.5. The highest BCUT2D eigenvalue weighted by atomic mass is 16.5. The molecule has 0 spiro atoms. The fraction of sp³-hybridized carbons (Fsp3) is 0.231. The van der Waals surface area contributed by atoms with Gasteiger partial charge in [0.05, 0.1) is 5.69 Å². The maximum Gasteiger partial charge on any atom is 0.242 e. The maximum absolute atomic E-state index is 11.6. The van der Waals surface area contributed by atoms with Gasteiger partial charge in [-0.3, -0.25) is 14.8 Å². The molecule has 1 fully saturated rings. The highest BCUT2D eigenvalue weighted by molar-refractivity contribution is 5.82. The molecular formula is C13H14N4O2. The van der Waals surface area contributed by atoms with Crippen LogP contribution in [0.3, 0.4) is 0 Å². The number of benzene rings is 1. The Labute approximate surface area is 110 Å². The number of nitrogens with two attached hydrogens (primary N) is 1. The number of carbonyl (C=O) groups is 1. The fourth-order valence-corrected chi connectivity index (χ4v) is 2.19. The molecule has 19 heavy (non-hydrogen) atoms. The topological polar surface area (TPSA) is 75.6 Å². The molecule has 6 nitrogen and oxygen atoms in total. The van der Waals surface area contributed by atoms with Crippen molar-refractivity contribution in [3.8, 4) is 11.3 Å². The quantitative estimate of drug-likeness (QED) is 0.883. The predicted molar refractivity (Wildman–Crippen MR) is 71.1 cm³/mol. The number of hydrazine groups is 1. The highest BCUT2D eigenvalue weighted by Crippen LogP contribution is 2.28. The minimum atomic E-state index is 0.120. The van der Waals surface area contributed by atoms with Crippen LogP contribution >= 0.6 is 0 Å². The Morgan fingerprint density at radius 3 is 2.84 bits per heavy atom. The van der Waals surface area contributed by atoms with Crippen LogP contribution in [0, 0.1) is 0 Å². The Balaban J connectivity index is 1.94. The molecule has 6 heteroatoms. The smallest absolute Gasteiger partial charge is 0.242 e. The lowest BCUT2D eigenvalue weighted by molar-refractivity contribution is -0.126. The summed E-state index contributed by atoms with van der Waals surface area (Å²) in [6.07, 6.45) is 0.538.